The second-order valence-electron chi connectivity index (χ2n) is 9.68. The van der Waals surface area contributed by atoms with Gasteiger partial charge in [-0.3, -0.25) is 9.36 Å². The van der Waals surface area contributed by atoms with Gasteiger partial charge in [-0.15, -0.1) is 10.2 Å². The molecule has 8 heteroatoms. The quantitative estimate of drug-likeness (QED) is 0.564. The molecule has 0 spiro atoms. The summed E-state index contributed by atoms with van der Waals surface area (Å²) in [5.74, 6) is 0.446. The molecule has 0 atom stereocenters. The molecule has 3 aromatic rings. The normalized spacial score (nSPS) is 17.5. The minimum atomic E-state index is 0.116. The summed E-state index contributed by atoms with van der Waals surface area (Å²) in [6.45, 7) is 13.6. The average molecular weight is 479 g/mol. The molecule has 0 bridgehead atoms. The Labute approximate surface area is 206 Å². The molecule has 2 aliphatic heterocycles. The number of amides is 1. The Morgan fingerprint density at radius 1 is 0.824 bits per heavy atom. The molecule has 2 aliphatic rings. The van der Waals surface area contributed by atoms with Crippen LogP contribution in [0.25, 0.3) is 5.13 Å². The van der Waals surface area contributed by atoms with Crippen molar-refractivity contribution in [3.05, 3.63) is 52.8 Å². The van der Waals surface area contributed by atoms with E-state index in [0.29, 0.717) is 5.91 Å². The zero-order valence-electron chi connectivity index (χ0n) is 20.6. The van der Waals surface area contributed by atoms with Crippen LogP contribution in [-0.4, -0.2) is 64.8 Å². The second-order valence-corrected chi connectivity index (χ2v) is 10.6. The Morgan fingerprint density at radius 2 is 1.47 bits per heavy atom. The lowest BCUT2D eigenvalue weighted by Crippen LogP contribution is -2.51. The zero-order chi connectivity index (χ0) is 23.8. The van der Waals surface area contributed by atoms with Gasteiger partial charge < -0.3 is 14.7 Å². The Balaban J connectivity index is 1.15. The summed E-state index contributed by atoms with van der Waals surface area (Å²) >= 11 is 1.63. The number of aromatic nitrogens is 3. The van der Waals surface area contributed by atoms with Gasteiger partial charge >= 0.3 is 0 Å². The van der Waals surface area contributed by atoms with Crippen molar-refractivity contribution >= 4 is 28.1 Å². The van der Waals surface area contributed by atoms with Gasteiger partial charge in [0.25, 0.3) is 0 Å². The first-order valence-corrected chi connectivity index (χ1v) is 13.1. The van der Waals surface area contributed by atoms with E-state index in [1.165, 1.54) is 28.2 Å². The van der Waals surface area contributed by atoms with Crippen molar-refractivity contribution in [2.75, 3.05) is 49.1 Å². The largest absolute Gasteiger partial charge is 0.368 e. The smallest absolute Gasteiger partial charge is 0.225 e. The molecule has 2 fully saturated rings. The van der Waals surface area contributed by atoms with Crippen LogP contribution in [0.5, 0.6) is 0 Å². The molecule has 34 heavy (non-hydrogen) atoms. The molecular weight excluding hydrogens is 444 g/mol. The molecule has 1 aromatic carbocycles. The maximum Gasteiger partial charge on any atom is 0.225 e. The Bertz CT molecular complexity index is 1150. The van der Waals surface area contributed by atoms with Crippen molar-refractivity contribution in [2.24, 2.45) is 5.92 Å². The zero-order valence-corrected chi connectivity index (χ0v) is 21.4. The van der Waals surface area contributed by atoms with E-state index in [1.807, 2.05) is 0 Å². The number of carbonyl (C=O) groups excluding carboxylic acids is 1. The van der Waals surface area contributed by atoms with Gasteiger partial charge in [0, 0.05) is 62.3 Å². The van der Waals surface area contributed by atoms with Crippen molar-refractivity contribution in [3.8, 4) is 5.13 Å². The summed E-state index contributed by atoms with van der Waals surface area (Å²) in [7, 11) is 0. The molecule has 0 unspecified atom stereocenters. The monoisotopic (exact) mass is 478 g/mol. The highest BCUT2D eigenvalue weighted by molar-refractivity contribution is 7.17. The van der Waals surface area contributed by atoms with Crippen LogP contribution in [0.1, 0.15) is 35.4 Å². The topological polar surface area (TPSA) is 57.5 Å². The lowest BCUT2D eigenvalue weighted by molar-refractivity contribution is -0.136. The van der Waals surface area contributed by atoms with Crippen LogP contribution in [0.2, 0.25) is 0 Å². The third-order valence-electron chi connectivity index (χ3n) is 7.28. The highest BCUT2D eigenvalue weighted by Crippen LogP contribution is 2.30. The van der Waals surface area contributed by atoms with Crippen LogP contribution in [0.3, 0.4) is 0 Å². The Kier molecular flexibility index (Phi) is 6.34. The number of rotatable bonds is 4. The number of piperidine rings is 1. The van der Waals surface area contributed by atoms with E-state index < -0.39 is 0 Å². The fourth-order valence-electron chi connectivity index (χ4n) is 5.20. The molecular formula is C26H34N6OS. The predicted octanol–water partition coefficient (Wildman–Crippen LogP) is 4.13. The van der Waals surface area contributed by atoms with Crippen LogP contribution in [0.4, 0.5) is 10.8 Å². The van der Waals surface area contributed by atoms with Gasteiger partial charge in [0.05, 0.1) is 0 Å². The molecule has 2 aromatic heterocycles. The first kappa shape index (κ1) is 22.9. The lowest BCUT2D eigenvalue weighted by Gasteiger charge is -2.39. The molecule has 2 saturated heterocycles. The summed E-state index contributed by atoms with van der Waals surface area (Å²) in [5, 5.41) is 10.8. The molecule has 7 nitrogen and oxygen atoms in total. The van der Waals surface area contributed by atoms with E-state index in [0.717, 1.165) is 62.4 Å². The minimum absolute atomic E-state index is 0.116. The molecule has 5 rings (SSSR count). The number of nitrogens with zero attached hydrogens (tertiary/aromatic N) is 6. The maximum atomic E-state index is 13.3. The summed E-state index contributed by atoms with van der Waals surface area (Å²) in [6, 6.07) is 10.8. The second kappa shape index (κ2) is 9.41. The Hall–Kier alpha value is -2.87. The van der Waals surface area contributed by atoms with Gasteiger partial charge in [0.1, 0.15) is 0 Å². The van der Waals surface area contributed by atoms with E-state index in [9.17, 15) is 4.79 Å². The van der Waals surface area contributed by atoms with Crippen LogP contribution in [0, 0.1) is 33.6 Å². The molecule has 0 saturated carbocycles. The van der Waals surface area contributed by atoms with Gasteiger partial charge in [-0.1, -0.05) is 23.5 Å². The summed E-state index contributed by atoms with van der Waals surface area (Å²) < 4.78 is 2.15. The van der Waals surface area contributed by atoms with Gasteiger partial charge in [-0.05, 0) is 69.9 Å². The van der Waals surface area contributed by atoms with Crippen molar-refractivity contribution < 1.29 is 4.79 Å². The highest BCUT2D eigenvalue weighted by atomic mass is 32.1. The van der Waals surface area contributed by atoms with Gasteiger partial charge in [-0.25, -0.2) is 0 Å². The van der Waals surface area contributed by atoms with Gasteiger partial charge in [-0.2, -0.15) is 0 Å². The third kappa shape index (κ3) is 4.43. The number of anilines is 2. The van der Waals surface area contributed by atoms with Crippen LogP contribution < -0.4 is 9.80 Å². The van der Waals surface area contributed by atoms with Crippen molar-refractivity contribution in [3.63, 3.8) is 0 Å². The highest BCUT2D eigenvalue weighted by Gasteiger charge is 2.31. The molecule has 1 amide bonds. The molecule has 4 heterocycles. The number of benzene rings is 1. The van der Waals surface area contributed by atoms with E-state index in [-0.39, 0.29) is 5.92 Å². The minimum Gasteiger partial charge on any atom is -0.368 e. The first-order valence-electron chi connectivity index (χ1n) is 12.3. The molecule has 180 valence electrons. The van der Waals surface area contributed by atoms with E-state index in [2.05, 4.69) is 87.5 Å². The van der Waals surface area contributed by atoms with Crippen molar-refractivity contribution in [1.29, 1.82) is 0 Å². The van der Waals surface area contributed by atoms with E-state index in [4.69, 9.17) is 0 Å². The lowest BCUT2D eigenvalue weighted by atomic mass is 9.95. The third-order valence-corrected chi connectivity index (χ3v) is 8.25. The number of hydrogen-bond acceptors (Lipinski definition) is 6. The van der Waals surface area contributed by atoms with E-state index in [1.54, 1.807) is 11.3 Å². The standard InChI is InChI=1S/C26H34N6OS/c1-18-5-6-19(2)23(17-18)29-13-15-30(16-14-29)24(33)22-9-11-31(12-10-22)25-27-28-26(34-25)32-20(3)7-8-21(32)4/h5-8,17,22H,9-16H2,1-4H3. The van der Waals surface area contributed by atoms with Crippen LogP contribution >= 0.6 is 11.3 Å². The molecule has 0 N–H and O–H groups in total. The maximum absolute atomic E-state index is 13.3. The number of carbonyl (C=O) groups is 1. The average Bonchev–Trinajstić information content (AvgIpc) is 3.46. The fraction of sp³-hybridized carbons (Fsp3) is 0.500. The van der Waals surface area contributed by atoms with Gasteiger partial charge in [0.15, 0.2) is 0 Å². The predicted molar refractivity (Wildman–Crippen MR) is 138 cm³/mol. The summed E-state index contributed by atoms with van der Waals surface area (Å²) in [6.07, 6.45) is 1.76. The summed E-state index contributed by atoms with van der Waals surface area (Å²) in [4.78, 5) is 20.1. The summed E-state index contributed by atoms with van der Waals surface area (Å²) in [5.41, 5.74) is 6.23. The SMILES string of the molecule is Cc1ccc(C)c(N2CCN(C(=O)C3CCN(c4nnc(-n5c(C)ccc5C)s4)CC3)CC2)c1. The molecule has 0 radical (unpaired) electrons. The van der Waals surface area contributed by atoms with Crippen molar-refractivity contribution in [2.45, 2.75) is 40.5 Å². The Morgan fingerprint density at radius 3 is 2.15 bits per heavy atom. The van der Waals surface area contributed by atoms with Crippen LogP contribution in [-0.2, 0) is 4.79 Å². The first-order chi connectivity index (χ1) is 16.4. The molecule has 0 aliphatic carbocycles. The number of piperazine rings is 1. The number of aryl methyl sites for hydroxylation is 4. The van der Waals surface area contributed by atoms with Crippen LogP contribution in [0.15, 0.2) is 30.3 Å². The number of hydrogen-bond donors (Lipinski definition) is 0. The fourth-order valence-corrected chi connectivity index (χ4v) is 6.22. The van der Waals surface area contributed by atoms with Gasteiger partial charge in [0.2, 0.25) is 16.2 Å². The van der Waals surface area contributed by atoms with E-state index >= 15 is 0 Å². The van der Waals surface area contributed by atoms with Crippen molar-refractivity contribution in [1.82, 2.24) is 19.7 Å².